The summed E-state index contributed by atoms with van der Waals surface area (Å²) in [5.74, 6) is 0.210. The van der Waals surface area contributed by atoms with Crippen LogP contribution < -0.4 is 15.8 Å². The molecule has 6 nitrogen and oxygen atoms in total. The highest BCUT2D eigenvalue weighted by Crippen LogP contribution is 2.30. The molecular weight excluding hydrogens is 352 g/mol. The van der Waals surface area contributed by atoms with Gasteiger partial charge in [-0.25, -0.2) is 8.42 Å². The lowest BCUT2D eigenvalue weighted by molar-refractivity contribution is 0.102. The van der Waals surface area contributed by atoms with Crippen molar-refractivity contribution in [2.24, 2.45) is 0 Å². The quantitative estimate of drug-likeness (QED) is 0.783. The fraction of sp³-hybridized carbons (Fsp3) is 0.316. The second kappa shape index (κ2) is 7.37. The average Bonchev–Trinajstić information content (AvgIpc) is 3.19. The highest BCUT2D eigenvalue weighted by molar-refractivity contribution is 7.92. The Hall–Kier alpha value is -2.54. The zero-order chi connectivity index (χ0) is 18.7. The zero-order valence-corrected chi connectivity index (χ0v) is 15.4. The molecule has 0 heterocycles. The minimum Gasteiger partial charge on any atom is -0.497 e. The van der Waals surface area contributed by atoms with Gasteiger partial charge in [0.15, 0.2) is 9.84 Å². The summed E-state index contributed by atoms with van der Waals surface area (Å²) in [7, 11) is -1.80. The van der Waals surface area contributed by atoms with Crippen LogP contribution in [0.4, 0.5) is 11.4 Å². The molecule has 1 aliphatic rings. The van der Waals surface area contributed by atoms with E-state index in [9.17, 15) is 13.2 Å². The van der Waals surface area contributed by atoms with Crippen LogP contribution in [0.3, 0.4) is 0 Å². The summed E-state index contributed by atoms with van der Waals surface area (Å²) in [6, 6.07) is 11.0. The van der Waals surface area contributed by atoms with E-state index < -0.39 is 9.84 Å². The number of ether oxygens (including phenoxy) is 1. The molecule has 3 N–H and O–H groups in total. The van der Waals surface area contributed by atoms with E-state index in [-0.39, 0.29) is 16.1 Å². The van der Waals surface area contributed by atoms with Crippen LogP contribution in [0.1, 0.15) is 36.0 Å². The third kappa shape index (κ3) is 3.67. The number of benzene rings is 2. The van der Waals surface area contributed by atoms with Crippen molar-refractivity contribution in [3.05, 3.63) is 48.0 Å². The van der Waals surface area contributed by atoms with Crippen LogP contribution in [0.25, 0.3) is 0 Å². The molecule has 0 bridgehead atoms. The molecule has 0 spiro atoms. The Morgan fingerprint density at radius 2 is 1.77 bits per heavy atom. The van der Waals surface area contributed by atoms with E-state index in [1.807, 2.05) is 0 Å². The van der Waals surface area contributed by atoms with Crippen LogP contribution in [-0.4, -0.2) is 26.7 Å². The molecule has 3 rings (SSSR count). The molecule has 26 heavy (non-hydrogen) atoms. The number of anilines is 2. The Morgan fingerprint density at radius 3 is 2.38 bits per heavy atom. The van der Waals surface area contributed by atoms with E-state index >= 15 is 0 Å². The van der Waals surface area contributed by atoms with E-state index in [1.165, 1.54) is 31.4 Å². The Labute approximate surface area is 153 Å². The molecule has 1 fully saturated rings. The van der Waals surface area contributed by atoms with Gasteiger partial charge in [-0.15, -0.1) is 0 Å². The van der Waals surface area contributed by atoms with Crippen LogP contribution >= 0.6 is 0 Å². The molecule has 1 saturated carbocycles. The first-order chi connectivity index (χ1) is 12.4. The Morgan fingerprint density at radius 1 is 1.12 bits per heavy atom. The van der Waals surface area contributed by atoms with Gasteiger partial charge in [-0.2, -0.15) is 0 Å². The van der Waals surface area contributed by atoms with Crippen LogP contribution in [-0.2, 0) is 9.84 Å². The number of hydrogen-bond donors (Lipinski definition) is 2. The van der Waals surface area contributed by atoms with Gasteiger partial charge >= 0.3 is 0 Å². The number of sulfone groups is 1. The van der Waals surface area contributed by atoms with Gasteiger partial charge in [0.2, 0.25) is 0 Å². The van der Waals surface area contributed by atoms with Crippen molar-refractivity contribution >= 4 is 27.1 Å². The number of methoxy groups -OCH3 is 1. The van der Waals surface area contributed by atoms with Crippen molar-refractivity contribution in [1.29, 1.82) is 0 Å². The maximum Gasteiger partial charge on any atom is 0.255 e. The summed E-state index contributed by atoms with van der Waals surface area (Å²) in [5.41, 5.74) is 7.09. The lowest BCUT2D eigenvalue weighted by Crippen LogP contribution is -2.18. The van der Waals surface area contributed by atoms with Crippen molar-refractivity contribution < 1.29 is 17.9 Å². The van der Waals surface area contributed by atoms with Gasteiger partial charge in [-0.1, -0.05) is 12.8 Å². The van der Waals surface area contributed by atoms with Crippen molar-refractivity contribution in [2.75, 3.05) is 18.2 Å². The highest BCUT2D eigenvalue weighted by atomic mass is 32.2. The van der Waals surface area contributed by atoms with E-state index in [1.54, 1.807) is 18.2 Å². The topological polar surface area (TPSA) is 98.5 Å². The molecular formula is C19H22N2O4S. The maximum absolute atomic E-state index is 12.6. The summed E-state index contributed by atoms with van der Waals surface area (Å²) in [4.78, 5) is 12.7. The second-order valence-electron chi connectivity index (χ2n) is 6.38. The van der Waals surface area contributed by atoms with Gasteiger partial charge in [-0.3, -0.25) is 4.79 Å². The molecule has 1 amide bonds. The third-order valence-electron chi connectivity index (χ3n) is 4.69. The van der Waals surface area contributed by atoms with E-state index in [4.69, 9.17) is 10.5 Å². The van der Waals surface area contributed by atoms with Crippen LogP contribution in [0, 0.1) is 0 Å². The predicted molar refractivity (Wildman–Crippen MR) is 101 cm³/mol. The summed E-state index contributed by atoms with van der Waals surface area (Å²) >= 11 is 0. The number of amides is 1. The summed E-state index contributed by atoms with van der Waals surface area (Å²) in [6.45, 7) is 0. The molecule has 1 aliphatic carbocycles. The first-order valence-electron chi connectivity index (χ1n) is 8.50. The molecule has 0 unspecified atom stereocenters. The molecule has 2 aromatic carbocycles. The van der Waals surface area contributed by atoms with Crippen molar-refractivity contribution in [1.82, 2.24) is 0 Å². The predicted octanol–water partition coefficient (Wildman–Crippen LogP) is 3.25. The number of nitrogens with two attached hydrogens (primary N) is 1. The standard InChI is InChI=1S/C19H22N2O4S/c1-25-14-8-11-17(20)18(12-14)21-19(22)13-6-9-16(10-7-13)26(23,24)15-4-2-3-5-15/h6-12,15H,2-5,20H2,1H3,(H,21,22). The Balaban J connectivity index is 1.77. The SMILES string of the molecule is COc1ccc(N)c(NC(=O)c2ccc(S(=O)(=O)C3CCCC3)cc2)c1. The third-order valence-corrected chi connectivity index (χ3v) is 6.97. The normalized spacial score (nSPS) is 15.0. The smallest absolute Gasteiger partial charge is 0.255 e. The lowest BCUT2D eigenvalue weighted by Gasteiger charge is -2.12. The molecule has 0 aliphatic heterocycles. The number of rotatable bonds is 5. The van der Waals surface area contributed by atoms with Gasteiger partial charge in [0, 0.05) is 11.6 Å². The van der Waals surface area contributed by atoms with Gasteiger partial charge in [0.1, 0.15) is 5.75 Å². The van der Waals surface area contributed by atoms with Crippen molar-refractivity contribution in [3.8, 4) is 5.75 Å². The second-order valence-corrected chi connectivity index (χ2v) is 8.61. The number of carbonyl (C=O) groups is 1. The van der Waals surface area contributed by atoms with Crippen molar-refractivity contribution in [2.45, 2.75) is 35.8 Å². The van der Waals surface area contributed by atoms with Crippen LogP contribution in [0.15, 0.2) is 47.4 Å². The highest BCUT2D eigenvalue weighted by Gasteiger charge is 2.30. The first kappa shape index (κ1) is 18.3. The number of carbonyl (C=O) groups excluding carboxylic acids is 1. The van der Waals surface area contributed by atoms with E-state index in [2.05, 4.69) is 5.32 Å². The largest absolute Gasteiger partial charge is 0.497 e. The molecule has 2 aromatic rings. The van der Waals surface area contributed by atoms with Gasteiger partial charge < -0.3 is 15.8 Å². The fourth-order valence-corrected chi connectivity index (χ4v) is 5.01. The minimum absolute atomic E-state index is 0.266. The summed E-state index contributed by atoms with van der Waals surface area (Å²) in [5, 5.41) is 2.41. The Kier molecular flexibility index (Phi) is 5.18. The number of nitrogens with one attached hydrogen (secondary N) is 1. The number of hydrogen-bond acceptors (Lipinski definition) is 5. The van der Waals surface area contributed by atoms with Gasteiger partial charge in [0.05, 0.1) is 28.6 Å². The lowest BCUT2D eigenvalue weighted by atomic mass is 10.2. The zero-order valence-electron chi connectivity index (χ0n) is 14.6. The first-order valence-corrected chi connectivity index (χ1v) is 10.1. The van der Waals surface area contributed by atoms with Crippen LogP contribution in [0.5, 0.6) is 5.75 Å². The van der Waals surface area contributed by atoms with Crippen LogP contribution in [0.2, 0.25) is 0 Å². The minimum atomic E-state index is -3.32. The van der Waals surface area contributed by atoms with Gasteiger partial charge in [-0.05, 0) is 49.2 Å². The number of nitrogen functional groups attached to an aromatic ring is 1. The monoisotopic (exact) mass is 374 g/mol. The summed E-state index contributed by atoms with van der Waals surface area (Å²) < 4.78 is 30.3. The molecule has 0 radical (unpaired) electrons. The van der Waals surface area contributed by atoms with Gasteiger partial charge in [0.25, 0.3) is 5.91 Å². The maximum atomic E-state index is 12.6. The molecule has 0 atom stereocenters. The molecule has 7 heteroatoms. The Bertz CT molecular complexity index is 902. The molecule has 0 saturated heterocycles. The fourth-order valence-electron chi connectivity index (χ4n) is 3.15. The van der Waals surface area contributed by atoms with E-state index in [0.29, 0.717) is 35.5 Å². The summed E-state index contributed by atoms with van der Waals surface area (Å²) in [6.07, 6.45) is 3.32. The molecule has 138 valence electrons. The average molecular weight is 374 g/mol. The molecule has 0 aromatic heterocycles. The van der Waals surface area contributed by atoms with E-state index in [0.717, 1.165) is 12.8 Å². The van der Waals surface area contributed by atoms with Crippen molar-refractivity contribution in [3.63, 3.8) is 0 Å².